The molecule has 1 aromatic carbocycles. The van der Waals surface area contributed by atoms with Crippen molar-refractivity contribution in [3.8, 4) is 0 Å². The number of nitrogens with zero attached hydrogens (tertiary/aromatic N) is 2. The second-order valence-electron chi connectivity index (χ2n) is 5.63. The summed E-state index contributed by atoms with van der Waals surface area (Å²) < 4.78 is 13.6. The fourth-order valence-corrected chi connectivity index (χ4v) is 2.95. The summed E-state index contributed by atoms with van der Waals surface area (Å²) in [7, 11) is 0. The van der Waals surface area contributed by atoms with E-state index >= 15 is 0 Å². The van der Waals surface area contributed by atoms with Crippen LogP contribution in [0.25, 0.3) is 0 Å². The Bertz CT molecular complexity index is 720. The Morgan fingerprint density at radius 3 is 2.91 bits per heavy atom. The highest BCUT2D eigenvalue weighted by Crippen LogP contribution is 2.30. The lowest BCUT2D eigenvalue weighted by Gasteiger charge is -2.20. The number of pyridine rings is 1. The largest absolute Gasteiger partial charge is 0.363 e. The highest BCUT2D eigenvalue weighted by atomic mass is 35.5. The van der Waals surface area contributed by atoms with Gasteiger partial charge >= 0.3 is 0 Å². The van der Waals surface area contributed by atoms with Gasteiger partial charge in [-0.05, 0) is 41.8 Å². The topological polar surface area (TPSA) is 45.2 Å². The lowest BCUT2D eigenvalue weighted by Crippen LogP contribution is -2.28. The zero-order chi connectivity index (χ0) is 16.4. The lowest BCUT2D eigenvalue weighted by atomic mass is 9.99. The summed E-state index contributed by atoms with van der Waals surface area (Å²) in [4.78, 5) is 17.7. The van der Waals surface area contributed by atoms with Gasteiger partial charge in [0.1, 0.15) is 11.6 Å². The number of anilines is 1. The van der Waals surface area contributed by atoms with Crippen molar-refractivity contribution in [2.75, 3.05) is 11.9 Å². The number of rotatable bonds is 2. The molecule has 0 aliphatic carbocycles. The molecular weight excluding hydrogens is 317 g/mol. The van der Waals surface area contributed by atoms with E-state index in [0.717, 1.165) is 17.5 Å². The first-order valence-corrected chi connectivity index (χ1v) is 7.82. The standard InChI is InChI=1S/C17H17ClFN3O/c1-11(23)22-7-6-16(21-17-5-2-13(18)9-20-17)15-4-3-14(19)8-12(15)10-22/h2-5,8-9,16H,6-7,10H2,1H3,(H,20,21)/t16-/m0/s1. The van der Waals surface area contributed by atoms with Crippen LogP contribution in [-0.2, 0) is 11.3 Å². The fraction of sp³-hybridized carbons (Fsp3) is 0.294. The first-order chi connectivity index (χ1) is 11.0. The summed E-state index contributed by atoms with van der Waals surface area (Å²) in [5.74, 6) is 0.397. The first-order valence-electron chi connectivity index (χ1n) is 7.45. The zero-order valence-corrected chi connectivity index (χ0v) is 13.5. The number of amides is 1. The molecule has 2 heterocycles. The van der Waals surface area contributed by atoms with E-state index in [-0.39, 0.29) is 17.8 Å². The van der Waals surface area contributed by atoms with Crippen LogP contribution in [-0.4, -0.2) is 22.3 Å². The Kier molecular flexibility index (Phi) is 4.48. The van der Waals surface area contributed by atoms with Gasteiger partial charge in [0.05, 0.1) is 11.1 Å². The van der Waals surface area contributed by atoms with Gasteiger partial charge in [0.2, 0.25) is 5.91 Å². The summed E-state index contributed by atoms with van der Waals surface area (Å²) in [6, 6.07) is 8.26. The third-order valence-corrected chi connectivity index (χ3v) is 4.25. The van der Waals surface area contributed by atoms with Crippen molar-refractivity contribution in [1.82, 2.24) is 9.88 Å². The van der Waals surface area contributed by atoms with Gasteiger partial charge in [-0.15, -0.1) is 0 Å². The van der Waals surface area contributed by atoms with Crippen molar-refractivity contribution in [1.29, 1.82) is 0 Å². The Morgan fingerprint density at radius 1 is 1.39 bits per heavy atom. The number of nitrogens with one attached hydrogen (secondary N) is 1. The van der Waals surface area contributed by atoms with Crippen LogP contribution in [0.2, 0.25) is 5.02 Å². The maximum Gasteiger partial charge on any atom is 0.219 e. The zero-order valence-electron chi connectivity index (χ0n) is 12.7. The minimum absolute atomic E-state index is 0.00882. The predicted octanol–water partition coefficient (Wildman–Crippen LogP) is 3.78. The number of halogens is 2. The number of hydrogen-bond donors (Lipinski definition) is 1. The number of hydrogen-bond acceptors (Lipinski definition) is 3. The summed E-state index contributed by atoms with van der Waals surface area (Å²) >= 11 is 5.86. The van der Waals surface area contributed by atoms with E-state index in [0.29, 0.717) is 23.9 Å². The van der Waals surface area contributed by atoms with Crippen LogP contribution >= 0.6 is 11.6 Å². The van der Waals surface area contributed by atoms with Crippen LogP contribution in [0.4, 0.5) is 10.2 Å². The molecule has 23 heavy (non-hydrogen) atoms. The molecule has 1 aromatic heterocycles. The average Bonchev–Trinajstić information content (AvgIpc) is 2.69. The second kappa shape index (κ2) is 6.54. The van der Waals surface area contributed by atoms with Gasteiger partial charge in [0.15, 0.2) is 0 Å². The van der Waals surface area contributed by atoms with Gasteiger partial charge in [0, 0.05) is 26.2 Å². The molecule has 0 unspecified atom stereocenters. The van der Waals surface area contributed by atoms with E-state index in [2.05, 4.69) is 10.3 Å². The molecule has 0 saturated heterocycles. The van der Waals surface area contributed by atoms with Gasteiger partial charge in [-0.25, -0.2) is 9.37 Å². The van der Waals surface area contributed by atoms with Crippen molar-refractivity contribution < 1.29 is 9.18 Å². The Balaban J connectivity index is 1.91. The molecule has 0 bridgehead atoms. The van der Waals surface area contributed by atoms with E-state index in [1.807, 2.05) is 0 Å². The molecule has 0 spiro atoms. The number of fused-ring (bicyclic) bond motifs is 1. The van der Waals surface area contributed by atoms with Gasteiger partial charge in [-0.1, -0.05) is 17.7 Å². The lowest BCUT2D eigenvalue weighted by molar-refractivity contribution is -0.129. The third-order valence-electron chi connectivity index (χ3n) is 4.02. The molecule has 120 valence electrons. The van der Waals surface area contributed by atoms with Crippen LogP contribution in [0.5, 0.6) is 0 Å². The van der Waals surface area contributed by atoms with Crippen molar-refractivity contribution in [2.24, 2.45) is 0 Å². The SMILES string of the molecule is CC(=O)N1CC[C@H](Nc2ccc(Cl)cn2)c2ccc(F)cc2C1. The fourth-order valence-electron chi connectivity index (χ4n) is 2.83. The molecule has 1 aliphatic heterocycles. The summed E-state index contributed by atoms with van der Waals surface area (Å²) in [5.41, 5.74) is 1.82. The number of carbonyl (C=O) groups excluding carboxylic acids is 1. The second-order valence-corrected chi connectivity index (χ2v) is 6.07. The monoisotopic (exact) mass is 333 g/mol. The minimum Gasteiger partial charge on any atom is -0.363 e. The van der Waals surface area contributed by atoms with Crippen LogP contribution in [0.15, 0.2) is 36.5 Å². The van der Waals surface area contributed by atoms with E-state index in [4.69, 9.17) is 11.6 Å². The van der Waals surface area contributed by atoms with Crippen LogP contribution in [0, 0.1) is 5.82 Å². The molecule has 1 amide bonds. The normalized spacial score (nSPS) is 17.3. The molecule has 3 rings (SSSR count). The van der Waals surface area contributed by atoms with Crippen LogP contribution in [0.1, 0.15) is 30.5 Å². The average molecular weight is 334 g/mol. The van der Waals surface area contributed by atoms with Gasteiger partial charge in [-0.2, -0.15) is 0 Å². The van der Waals surface area contributed by atoms with E-state index < -0.39 is 0 Å². The number of aromatic nitrogens is 1. The predicted molar refractivity (Wildman–Crippen MR) is 87.7 cm³/mol. The minimum atomic E-state index is -0.294. The van der Waals surface area contributed by atoms with Gasteiger partial charge < -0.3 is 10.2 Å². The molecule has 0 fully saturated rings. The van der Waals surface area contributed by atoms with Crippen LogP contribution in [0.3, 0.4) is 0 Å². The molecule has 1 aliphatic rings. The highest BCUT2D eigenvalue weighted by molar-refractivity contribution is 6.30. The van der Waals surface area contributed by atoms with Gasteiger partial charge in [0.25, 0.3) is 0 Å². The van der Waals surface area contributed by atoms with E-state index in [1.165, 1.54) is 19.1 Å². The quantitative estimate of drug-likeness (QED) is 0.909. The summed E-state index contributed by atoms with van der Waals surface area (Å²) in [6.45, 7) is 2.57. The van der Waals surface area contributed by atoms with Crippen molar-refractivity contribution in [3.63, 3.8) is 0 Å². The molecule has 6 heteroatoms. The molecule has 4 nitrogen and oxygen atoms in total. The van der Waals surface area contributed by atoms with E-state index in [1.54, 1.807) is 29.3 Å². The number of benzene rings is 1. The maximum absolute atomic E-state index is 13.6. The molecule has 0 radical (unpaired) electrons. The summed E-state index contributed by atoms with van der Waals surface area (Å²) in [5, 5.41) is 3.92. The number of carbonyl (C=O) groups is 1. The van der Waals surface area contributed by atoms with Crippen molar-refractivity contribution >= 4 is 23.3 Å². The Hall–Kier alpha value is -2.14. The van der Waals surface area contributed by atoms with Crippen LogP contribution < -0.4 is 5.32 Å². The summed E-state index contributed by atoms with van der Waals surface area (Å²) in [6.07, 6.45) is 2.30. The molecular formula is C17H17ClFN3O. The molecule has 1 N–H and O–H groups in total. The van der Waals surface area contributed by atoms with Gasteiger partial charge in [-0.3, -0.25) is 4.79 Å². The molecule has 1 atom stereocenters. The molecule has 0 saturated carbocycles. The Labute approximate surface area is 139 Å². The smallest absolute Gasteiger partial charge is 0.219 e. The molecule has 2 aromatic rings. The van der Waals surface area contributed by atoms with Crippen molar-refractivity contribution in [2.45, 2.75) is 25.9 Å². The maximum atomic E-state index is 13.6. The Morgan fingerprint density at radius 2 is 2.22 bits per heavy atom. The third kappa shape index (κ3) is 3.62. The van der Waals surface area contributed by atoms with Crippen molar-refractivity contribution in [3.05, 3.63) is 58.5 Å². The first kappa shape index (κ1) is 15.7. The highest BCUT2D eigenvalue weighted by Gasteiger charge is 2.24. The van der Waals surface area contributed by atoms with E-state index in [9.17, 15) is 9.18 Å².